The predicted molar refractivity (Wildman–Crippen MR) is 86.8 cm³/mol. The van der Waals surface area contributed by atoms with Crippen LogP contribution >= 0.6 is 11.6 Å². The van der Waals surface area contributed by atoms with Crippen LogP contribution in [0.4, 0.5) is 4.39 Å². The lowest BCUT2D eigenvalue weighted by Gasteiger charge is -2.23. The summed E-state index contributed by atoms with van der Waals surface area (Å²) in [7, 11) is 0. The number of halogens is 2. The molecule has 0 radical (unpaired) electrons. The van der Waals surface area contributed by atoms with Gasteiger partial charge in [0.1, 0.15) is 17.3 Å². The Morgan fingerprint density at radius 1 is 1.25 bits per heavy atom. The second-order valence-electron chi connectivity index (χ2n) is 5.58. The summed E-state index contributed by atoms with van der Waals surface area (Å²) in [6.07, 6.45) is 1.85. The number of ether oxygens (including phenoxy) is 2. The average molecular weight is 349 g/mol. The van der Waals surface area contributed by atoms with Gasteiger partial charge >= 0.3 is 0 Å². The largest absolute Gasteiger partial charge is 0.507 e. The highest BCUT2D eigenvalue weighted by atomic mass is 35.5. The summed E-state index contributed by atoms with van der Waals surface area (Å²) >= 11 is 6.19. The maximum atomic E-state index is 13.5. The number of rotatable bonds is 2. The molecule has 3 N–H and O–H groups in total. The molecule has 0 amide bonds. The summed E-state index contributed by atoms with van der Waals surface area (Å²) in [5, 5.41) is 10.5. The van der Waals surface area contributed by atoms with E-state index in [1.807, 2.05) is 18.2 Å². The molecule has 124 valence electrons. The molecule has 5 nitrogen and oxygen atoms in total. The van der Waals surface area contributed by atoms with Crippen LogP contribution in [0.5, 0.6) is 11.5 Å². The Balaban J connectivity index is 1.73. The van der Waals surface area contributed by atoms with Crippen LogP contribution < -0.4 is 15.6 Å². The Morgan fingerprint density at radius 3 is 3.00 bits per heavy atom. The van der Waals surface area contributed by atoms with Gasteiger partial charge in [-0.1, -0.05) is 11.6 Å². The number of nitrogens with one attached hydrogen (secondary N) is 2. The van der Waals surface area contributed by atoms with Gasteiger partial charge in [0.15, 0.2) is 6.79 Å². The van der Waals surface area contributed by atoms with Gasteiger partial charge in [0, 0.05) is 21.7 Å². The fourth-order valence-corrected chi connectivity index (χ4v) is 3.14. The third kappa shape index (κ3) is 2.69. The van der Waals surface area contributed by atoms with E-state index in [-0.39, 0.29) is 18.6 Å². The standard InChI is InChI=1S/C17H14ClFN2O3/c18-10-3-9-7-23-8-24-17(9)13(4-10)15-6-14(20-21-15)12-5-11(19)1-2-16(12)22/h1-6,15,20-22H,7-8H2. The number of fused-ring (bicyclic) bond motifs is 1. The number of phenolic OH excluding ortho intramolecular Hbond substituents is 1. The summed E-state index contributed by atoms with van der Waals surface area (Å²) in [5.74, 6) is 0.302. The topological polar surface area (TPSA) is 62.8 Å². The highest BCUT2D eigenvalue weighted by Crippen LogP contribution is 2.38. The molecule has 0 aliphatic carbocycles. The fourth-order valence-electron chi connectivity index (χ4n) is 2.89. The molecule has 2 aliphatic heterocycles. The Hall–Kier alpha value is -2.28. The molecule has 2 aromatic carbocycles. The number of benzene rings is 2. The van der Waals surface area contributed by atoms with Crippen LogP contribution in [0, 0.1) is 5.82 Å². The van der Waals surface area contributed by atoms with Gasteiger partial charge in [-0.05, 0) is 36.4 Å². The van der Waals surface area contributed by atoms with E-state index in [0.29, 0.717) is 22.9 Å². The highest BCUT2D eigenvalue weighted by Gasteiger charge is 2.26. The SMILES string of the molecule is Oc1ccc(F)cc1C1=CC(c2cc(Cl)cc3c2OCOC3)NN1. The Kier molecular flexibility index (Phi) is 3.80. The summed E-state index contributed by atoms with van der Waals surface area (Å²) in [4.78, 5) is 0. The lowest BCUT2D eigenvalue weighted by atomic mass is 10.0. The molecule has 2 heterocycles. The Morgan fingerprint density at radius 2 is 2.12 bits per heavy atom. The molecular formula is C17H14ClFN2O3. The van der Waals surface area contributed by atoms with Gasteiger partial charge in [-0.15, -0.1) is 0 Å². The number of phenols is 1. The number of hydrogen-bond acceptors (Lipinski definition) is 5. The lowest BCUT2D eigenvalue weighted by molar-refractivity contribution is -0.0172. The van der Waals surface area contributed by atoms with Gasteiger partial charge < -0.3 is 20.0 Å². The third-order valence-corrected chi connectivity index (χ3v) is 4.20. The second kappa shape index (κ2) is 5.98. The minimum atomic E-state index is -0.422. The summed E-state index contributed by atoms with van der Waals surface area (Å²) in [5.41, 5.74) is 8.74. The van der Waals surface area contributed by atoms with E-state index in [0.717, 1.165) is 16.9 Å². The second-order valence-corrected chi connectivity index (χ2v) is 6.02. The monoisotopic (exact) mass is 348 g/mol. The van der Waals surface area contributed by atoms with Crippen LogP contribution in [-0.4, -0.2) is 11.9 Å². The maximum absolute atomic E-state index is 13.5. The Bertz CT molecular complexity index is 841. The van der Waals surface area contributed by atoms with Crippen LogP contribution in [0.2, 0.25) is 5.02 Å². The highest BCUT2D eigenvalue weighted by molar-refractivity contribution is 6.30. The van der Waals surface area contributed by atoms with Crippen molar-refractivity contribution in [2.24, 2.45) is 0 Å². The fraction of sp³-hybridized carbons (Fsp3) is 0.176. The molecule has 2 aliphatic rings. The maximum Gasteiger partial charge on any atom is 0.189 e. The van der Waals surface area contributed by atoms with E-state index in [2.05, 4.69) is 10.9 Å². The van der Waals surface area contributed by atoms with Gasteiger partial charge in [-0.2, -0.15) is 0 Å². The van der Waals surface area contributed by atoms with Gasteiger partial charge in [-0.3, -0.25) is 0 Å². The molecule has 1 unspecified atom stereocenters. The van der Waals surface area contributed by atoms with Crippen molar-refractivity contribution in [2.45, 2.75) is 12.6 Å². The molecule has 24 heavy (non-hydrogen) atoms. The van der Waals surface area contributed by atoms with Crippen molar-refractivity contribution in [1.82, 2.24) is 10.9 Å². The quantitative estimate of drug-likeness (QED) is 0.777. The van der Waals surface area contributed by atoms with Crippen LogP contribution in [0.15, 0.2) is 36.4 Å². The van der Waals surface area contributed by atoms with Crippen LogP contribution in [0.25, 0.3) is 5.70 Å². The average Bonchev–Trinajstić information content (AvgIpc) is 3.06. The molecule has 0 spiro atoms. The molecule has 2 aromatic rings. The lowest BCUT2D eigenvalue weighted by Crippen LogP contribution is -2.27. The minimum absolute atomic E-state index is 0.00428. The van der Waals surface area contributed by atoms with Crippen LogP contribution in [0.1, 0.15) is 22.7 Å². The molecular weight excluding hydrogens is 335 g/mol. The molecule has 1 atom stereocenters. The molecule has 7 heteroatoms. The van der Waals surface area contributed by atoms with Crippen molar-refractivity contribution in [1.29, 1.82) is 0 Å². The van der Waals surface area contributed by atoms with Gasteiger partial charge in [0.2, 0.25) is 0 Å². The van der Waals surface area contributed by atoms with E-state index in [9.17, 15) is 9.50 Å². The molecule has 0 fully saturated rings. The molecule has 0 saturated carbocycles. The molecule has 0 aromatic heterocycles. The first-order chi connectivity index (χ1) is 11.6. The van der Waals surface area contributed by atoms with Crippen molar-refractivity contribution in [2.75, 3.05) is 6.79 Å². The zero-order chi connectivity index (χ0) is 16.7. The van der Waals surface area contributed by atoms with Crippen molar-refractivity contribution in [3.63, 3.8) is 0 Å². The summed E-state index contributed by atoms with van der Waals surface area (Å²) in [6.45, 7) is 0.618. The normalized spacial score (nSPS) is 19.2. The molecule has 0 saturated heterocycles. The van der Waals surface area contributed by atoms with Crippen LogP contribution in [0.3, 0.4) is 0 Å². The number of hydrazine groups is 1. The van der Waals surface area contributed by atoms with Crippen molar-refractivity contribution < 1.29 is 19.0 Å². The van der Waals surface area contributed by atoms with E-state index in [1.54, 1.807) is 0 Å². The first-order valence-electron chi connectivity index (χ1n) is 7.37. The first kappa shape index (κ1) is 15.3. The van der Waals surface area contributed by atoms with E-state index >= 15 is 0 Å². The Labute approximate surface area is 142 Å². The number of hydrogen-bond donors (Lipinski definition) is 3. The van der Waals surface area contributed by atoms with Crippen LogP contribution in [-0.2, 0) is 11.3 Å². The third-order valence-electron chi connectivity index (χ3n) is 3.98. The van der Waals surface area contributed by atoms with Crippen molar-refractivity contribution >= 4 is 17.3 Å². The summed E-state index contributed by atoms with van der Waals surface area (Å²) < 4.78 is 24.4. The van der Waals surface area contributed by atoms with Crippen molar-refractivity contribution in [3.8, 4) is 11.5 Å². The smallest absolute Gasteiger partial charge is 0.189 e. The molecule has 0 bridgehead atoms. The first-order valence-corrected chi connectivity index (χ1v) is 7.75. The zero-order valence-corrected chi connectivity index (χ0v) is 13.2. The number of aromatic hydroxyl groups is 1. The van der Waals surface area contributed by atoms with E-state index in [4.69, 9.17) is 21.1 Å². The van der Waals surface area contributed by atoms with Gasteiger partial charge in [0.05, 0.1) is 18.3 Å². The summed E-state index contributed by atoms with van der Waals surface area (Å²) in [6, 6.07) is 7.19. The van der Waals surface area contributed by atoms with Crippen molar-refractivity contribution in [3.05, 3.63) is 63.9 Å². The van der Waals surface area contributed by atoms with Gasteiger partial charge in [0.25, 0.3) is 0 Å². The predicted octanol–water partition coefficient (Wildman–Crippen LogP) is 3.24. The minimum Gasteiger partial charge on any atom is -0.507 e. The van der Waals surface area contributed by atoms with E-state index in [1.165, 1.54) is 18.2 Å². The zero-order valence-electron chi connectivity index (χ0n) is 12.5. The van der Waals surface area contributed by atoms with E-state index < -0.39 is 5.82 Å². The molecule has 4 rings (SSSR count). The van der Waals surface area contributed by atoms with Gasteiger partial charge in [-0.25, -0.2) is 9.82 Å².